The Morgan fingerprint density at radius 1 is 1.61 bits per heavy atom. The van der Waals surface area contributed by atoms with Gasteiger partial charge in [0, 0.05) is 7.11 Å². The Labute approximate surface area is 129 Å². The summed E-state index contributed by atoms with van der Waals surface area (Å²) in [5, 5.41) is 0. The Morgan fingerprint density at radius 2 is 2.30 bits per heavy atom. The maximum absolute atomic E-state index is 14.8. The van der Waals surface area contributed by atoms with Crippen LogP contribution in [0.4, 0.5) is 14.7 Å². The zero-order chi connectivity index (χ0) is 16.9. The third-order valence-corrected chi connectivity index (χ3v) is 4.12. The number of anilines is 1. The molecule has 2 aromatic heterocycles. The zero-order valence-electron chi connectivity index (χ0n) is 12.9. The van der Waals surface area contributed by atoms with Crippen LogP contribution in [0.2, 0.25) is 0 Å². The number of hydrogen-bond acceptors (Lipinski definition) is 5. The number of fused-ring (bicyclic) bond motifs is 1. The first-order valence-electron chi connectivity index (χ1n) is 7.05. The molecule has 1 aliphatic rings. The summed E-state index contributed by atoms with van der Waals surface area (Å²) in [6.45, 7) is 1.43. The van der Waals surface area contributed by atoms with Gasteiger partial charge in [0.2, 0.25) is 12.3 Å². The Hall–Kier alpha value is -2.07. The number of nitrogens with two attached hydrogens (primary N) is 1. The topological polar surface area (TPSA) is 99.0 Å². The van der Waals surface area contributed by atoms with Crippen LogP contribution in [0.5, 0.6) is 0 Å². The van der Waals surface area contributed by atoms with Gasteiger partial charge in [-0.2, -0.15) is 18.3 Å². The lowest BCUT2D eigenvalue weighted by molar-refractivity contribution is -0.646. The summed E-state index contributed by atoms with van der Waals surface area (Å²) in [7, 11) is 2.93. The first-order valence-corrected chi connectivity index (χ1v) is 7.05. The number of methoxy groups -OCH3 is 1. The van der Waals surface area contributed by atoms with Crippen LogP contribution in [-0.4, -0.2) is 40.3 Å². The molecule has 1 unspecified atom stereocenters. The van der Waals surface area contributed by atoms with Crippen molar-refractivity contribution in [3.05, 3.63) is 16.7 Å². The molecule has 0 aromatic carbocycles. The molecule has 0 amide bonds. The summed E-state index contributed by atoms with van der Waals surface area (Å²) < 4.78 is 42.4. The number of imidazole rings is 1. The lowest BCUT2D eigenvalue weighted by atomic mass is 9.99. The summed E-state index contributed by atoms with van der Waals surface area (Å²) in [6.07, 6.45) is -0.945. The van der Waals surface area contributed by atoms with Crippen molar-refractivity contribution in [2.75, 3.05) is 19.5 Å². The van der Waals surface area contributed by atoms with Gasteiger partial charge in [-0.15, -0.1) is 0 Å². The summed E-state index contributed by atoms with van der Waals surface area (Å²) in [4.78, 5) is 18.3. The molecule has 3 rings (SSSR count). The Morgan fingerprint density at radius 3 is 2.96 bits per heavy atom. The van der Waals surface area contributed by atoms with E-state index in [2.05, 4.69) is 9.97 Å². The number of rotatable bonds is 3. The van der Waals surface area contributed by atoms with Crippen molar-refractivity contribution in [3.63, 3.8) is 0 Å². The van der Waals surface area contributed by atoms with Gasteiger partial charge in [0.1, 0.15) is 0 Å². The van der Waals surface area contributed by atoms with E-state index in [9.17, 15) is 13.6 Å². The molecule has 0 aliphatic carbocycles. The number of H-pyrrole nitrogens is 1. The Balaban J connectivity index is 2.16. The fourth-order valence-corrected chi connectivity index (χ4v) is 3.00. The maximum Gasteiger partial charge on any atom is 0.320 e. The first kappa shape index (κ1) is 15.8. The smallest absolute Gasteiger partial charge is 0.320 e. The molecule has 23 heavy (non-hydrogen) atoms. The number of aromatic nitrogens is 4. The van der Waals surface area contributed by atoms with Gasteiger partial charge in [-0.1, -0.05) is 0 Å². The molecule has 3 heterocycles. The molecule has 0 spiro atoms. The lowest BCUT2D eigenvalue weighted by Gasteiger charge is -2.20. The van der Waals surface area contributed by atoms with Crippen molar-refractivity contribution in [3.8, 4) is 0 Å². The van der Waals surface area contributed by atoms with E-state index < -0.39 is 29.7 Å². The average molecular weight is 330 g/mol. The van der Waals surface area contributed by atoms with Crippen LogP contribution in [0.25, 0.3) is 11.2 Å². The monoisotopic (exact) mass is 330 g/mol. The van der Waals surface area contributed by atoms with E-state index in [1.165, 1.54) is 18.0 Å². The number of ether oxygens (including phenoxy) is 2. The fourth-order valence-electron chi connectivity index (χ4n) is 3.00. The van der Waals surface area contributed by atoms with Crippen molar-refractivity contribution >= 4 is 17.1 Å². The molecule has 0 bridgehead atoms. The highest BCUT2D eigenvalue weighted by Gasteiger charge is 2.61. The molecular formula is C13H18F2N5O3+. The van der Waals surface area contributed by atoms with Crippen molar-refractivity contribution in [2.24, 2.45) is 13.0 Å². The van der Waals surface area contributed by atoms with Crippen LogP contribution in [0.3, 0.4) is 0 Å². The van der Waals surface area contributed by atoms with Crippen molar-refractivity contribution in [2.45, 2.75) is 25.2 Å². The number of aryl methyl sites for hydroxylation is 1. The highest BCUT2D eigenvalue weighted by atomic mass is 19.3. The number of nitrogen functional groups attached to an aromatic ring is 1. The van der Waals surface area contributed by atoms with E-state index in [1.807, 2.05) is 0 Å². The van der Waals surface area contributed by atoms with E-state index in [0.29, 0.717) is 0 Å². The predicted octanol–water partition coefficient (Wildman–Crippen LogP) is -0.0535. The average Bonchev–Trinajstić information content (AvgIpc) is 2.88. The Bertz CT molecular complexity index is 803. The second-order valence-corrected chi connectivity index (χ2v) is 5.69. The summed E-state index contributed by atoms with van der Waals surface area (Å²) in [6, 6.07) is 0. The summed E-state index contributed by atoms with van der Waals surface area (Å²) >= 11 is 0. The van der Waals surface area contributed by atoms with Gasteiger partial charge in [-0.25, -0.2) is 4.57 Å². The van der Waals surface area contributed by atoms with Crippen molar-refractivity contribution < 1.29 is 22.8 Å². The number of halogens is 2. The molecule has 0 saturated carbocycles. The number of alkyl halides is 2. The fraction of sp³-hybridized carbons (Fsp3) is 0.615. The number of hydrogen-bond donors (Lipinski definition) is 2. The van der Waals surface area contributed by atoms with Crippen LogP contribution >= 0.6 is 0 Å². The maximum atomic E-state index is 14.8. The molecule has 2 aromatic rings. The second kappa shape index (κ2) is 5.24. The molecule has 3 atom stereocenters. The minimum atomic E-state index is -3.19. The molecule has 126 valence electrons. The standard InChI is InChI=1S/C13H17F2N5O3/c1-6-7(4-22-3)13(14,15)11(23-6)20-5-19(2)8-9(20)17-12(16)18-10(8)21/h5-7,11H,4H2,1-3H3,(H2-,16,17,18,21)/p+1/t6-,7-,11?/m1/s1. The van der Waals surface area contributed by atoms with E-state index >= 15 is 0 Å². The normalized spacial score (nSPS) is 26.9. The molecule has 1 aliphatic heterocycles. The third kappa shape index (κ3) is 2.29. The van der Waals surface area contributed by atoms with Gasteiger partial charge < -0.3 is 15.2 Å². The summed E-state index contributed by atoms with van der Waals surface area (Å²) in [5.41, 5.74) is 5.22. The first-order chi connectivity index (χ1) is 10.8. The molecule has 1 saturated heterocycles. The zero-order valence-corrected chi connectivity index (χ0v) is 12.9. The number of aromatic amines is 1. The van der Waals surface area contributed by atoms with Crippen molar-refractivity contribution in [1.29, 1.82) is 0 Å². The van der Waals surface area contributed by atoms with E-state index in [-0.39, 0.29) is 23.7 Å². The van der Waals surface area contributed by atoms with Crippen LogP contribution < -0.4 is 15.9 Å². The lowest BCUT2D eigenvalue weighted by Crippen LogP contribution is -2.36. The van der Waals surface area contributed by atoms with Crippen molar-refractivity contribution in [1.82, 2.24) is 14.5 Å². The van der Waals surface area contributed by atoms with E-state index in [1.54, 1.807) is 14.0 Å². The number of nitrogens with zero attached hydrogens (tertiary/aromatic N) is 3. The molecule has 10 heteroatoms. The SMILES string of the molecule is COC[C@@H]1[C@@H](C)OC(n2c[n+](C)c3c(=O)[nH]c(N)nc32)C1(F)F. The minimum absolute atomic E-state index is 0.0451. The molecule has 1 fully saturated rings. The van der Waals surface area contributed by atoms with Crippen LogP contribution in [0.15, 0.2) is 11.1 Å². The van der Waals surface area contributed by atoms with Crippen LogP contribution in [-0.2, 0) is 16.5 Å². The Kier molecular flexibility index (Phi) is 3.60. The van der Waals surface area contributed by atoms with Gasteiger partial charge in [-0.3, -0.25) is 9.78 Å². The molecular weight excluding hydrogens is 312 g/mol. The molecule has 0 radical (unpaired) electrons. The largest absolute Gasteiger partial charge is 0.384 e. The highest BCUT2D eigenvalue weighted by Crippen LogP contribution is 2.47. The predicted molar refractivity (Wildman–Crippen MR) is 75.8 cm³/mol. The van der Waals surface area contributed by atoms with Gasteiger partial charge in [0.05, 0.1) is 25.7 Å². The minimum Gasteiger partial charge on any atom is -0.384 e. The third-order valence-electron chi connectivity index (χ3n) is 4.12. The van der Waals surface area contributed by atoms with Crippen LogP contribution in [0, 0.1) is 5.92 Å². The van der Waals surface area contributed by atoms with E-state index in [0.717, 1.165) is 4.57 Å². The van der Waals surface area contributed by atoms with Crippen LogP contribution in [0.1, 0.15) is 13.2 Å². The van der Waals surface area contributed by atoms with Gasteiger partial charge in [0.25, 0.3) is 17.4 Å². The quantitative estimate of drug-likeness (QED) is 0.769. The van der Waals surface area contributed by atoms with Gasteiger partial charge in [-0.05, 0) is 6.92 Å². The number of nitrogens with one attached hydrogen (secondary N) is 1. The van der Waals surface area contributed by atoms with E-state index in [4.69, 9.17) is 15.2 Å². The summed E-state index contributed by atoms with van der Waals surface area (Å²) in [5.74, 6) is -4.43. The van der Waals surface area contributed by atoms with Gasteiger partial charge >= 0.3 is 11.5 Å². The second-order valence-electron chi connectivity index (χ2n) is 5.69. The van der Waals surface area contributed by atoms with Gasteiger partial charge in [0.15, 0.2) is 0 Å². The molecule has 3 N–H and O–H groups in total. The molecule has 8 nitrogen and oxygen atoms in total. The highest BCUT2D eigenvalue weighted by molar-refractivity contribution is 5.67.